The van der Waals surface area contributed by atoms with E-state index in [1.54, 1.807) is 24.3 Å². The lowest BCUT2D eigenvalue weighted by atomic mass is 9.65. The molecule has 2 aliphatic rings. The molecule has 13 heteroatoms. The molecule has 1 aliphatic heterocycles. The topological polar surface area (TPSA) is 105 Å². The lowest BCUT2D eigenvalue weighted by Crippen LogP contribution is -2.62. The molecule has 0 radical (unpaired) electrons. The Morgan fingerprint density at radius 2 is 1.65 bits per heavy atom. The summed E-state index contributed by atoms with van der Waals surface area (Å²) in [6.07, 6.45) is -9.96. The lowest BCUT2D eigenvalue weighted by molar-refractivity contribution is -0.274. The number of nitrogens with one attached hydrogen (secondary N) is 2. The maximum atomic E-state index is 13.3. The second-order valence-electron chi connectivity index (χ2n) is 9.98. The zero-order valence-electron chi connectivity index (χ0n) is 20.9. The first-order chi connectivity index (χ1) is 18.7. The number of halogens is 6. The van der Waals surface area contributed by atoms with Crippen LogP contribution in [-0.4, -0.2) is 53.3 Å². The van der Waals surface area contributed by atoms with Crippen molar-refractivity contribution in [3.8, 4) is 5.75 Å². The van der Waals surface area contributed by atoms with Gasteiger partial charge in [0.1, 0.15) is 11.3 Å². The normalized spacial score (nSPS) is 21.9. The Morgan fingerprint density at radius 1 is 0.975 bits per heavy atom. The molecular formula is C27H26F6N2O5. The molecule has 0 bridgehead atoms. The number of alkyl halides is 6. The Hall–Kier alpha value is -3.61. The van der Waals surface area contributed by atoms with Gasteiger partial charge in [-0.15, -0.1) is 13.2 Å². The van der Waals surface area contributed by atoms with E-state index in [4.69, 9.17) is 0 Å². The second kappa shape index (κ2) is 11.1. The van der Waals surface area contributed by atoms with Crippen LogP contribution in [0, 0.1) is 5.92 Å². The molecule has 7 nitrogen and oxygen atoms in total. The lowest BCUT2D eigenvalue weighted by Gasteiger charge is -2.46. The smallest absolute Gasteiger partial charge is 0.480 e. The number of carbonyl (C=O) groups is 3. The number of ketones is 2. The first-order valence-electron chi connectivity index (χ1n) is 12.5. The number of ether oxygens (including phenoxy) is 1. The Bertz CT molecular complexity index is 1260. The van der Waals surface area contributed by atoms with Gasteiger partial charge in [-0.1, -0.05) is 24.6 Å². The second-order valence-corrected chi connectivity index (χ2v) is 9.98. The summed E-state index contributed by atoms with van der Waals surface area (Å²) in [6, 6.07) is 10.1. The molecule has 2 aromatic rings. The third kappa shape index (κ3) is 6.40. The number of hydrogen-bond acceptors (Lipinski definition) is 6. The van der Waals surface area contributed by atoms with Gasteiger partial charge >= 0.3 is 18.5 Å². The zero-order chi connectivity index (χ0) is 29.3. The van der Waals surface area contributed by atoms with Gasteiger partial charge in [0, 0.05) is 36.2 Å². The van der Waals surface area contributed by atoms with E-state index in [2.05, 4.69) is 15.4 Å². The summed E-state index contributed by atoms with van der Waals surface area (Å²) in [7, 11) is 0. The van der Waals surface area contributed by atoms with Gasteiger partial charge in [-0.25, -0.2) is 0 Å². The predicted octanol–water partition coefficient (Wildman–Crippen LogP) is 5.47. The van der Waals surface area contributed by atoms with Crippen LogP contribution in [-0.2, 0) is 9.59 Å². The first kappa shape index (κ1) is 29.4. The molecule has 40 heavy (non-hydrogen) atoms. The van der Waals surface area contributed by atoms with Crippen molar-refractivity contribution < 1.29 is 50.6 Å². The highest BCUT2D eigenvalue weighted by molar-refractivity contribution is 6.44. The maximum Gasteiger partial charge on any atom is 0.573 e. The molecule has 1 aliphatic carbocycles. The van der Waals surface area contributed by atoms with Gasteiger partial charge in [-0.3, -0.25) is 14.4 Å². The highest BCUT2D eigenvalue weighted by Gasteiger charge is 2.56. The first-order valence-corrected chi connectivity index (χ1v) is 12.5. The molecule has 4 rings (SSSR count). The molecule has 0 aromatic heterocycles. The summed E-state index contributed by atoms with van der Waals surface area (Å²) < 4.78 is 80.4. The van der Waals surface area contributed by atoms with Crippen molar-refractivity contribution in [1.82, 2.24) is 5.32 Å². The zero-order valence-corrected chi connectivity index (χ0v) is 20.9. The average Bonchev–Trinajstić information content (AvgIpc) is 3.33. The van der Waals surface area contributed by atoms with Crippen molar-refractivity contribution in [2.24, 2.45) is 5.92 Å². The predicted molar refractivity (Wildman–Crippen MR) is 130 cm³/mol. The number of rotatable bonds is 10. The third-order valence-corrected chi connectivity index (χ3v) is 7.44. The number of benzene rings is 2. The molecule has 0 amide bonds. The summed E-state index contributed by atoms with van der Waals surface area (Å²) in [5, 5.41) is 16.4. The molecule has 0 spiro atoms. The fraction of sp³-hybridized carbons (Fsp3) is 0.444. The van der Waals surface area contributed by atoms with Crippen LogP contribution in [0.25, 0.3) is 0 Å². The molecule has 2 unspecified atom stereocenters. The summed E-state index contributed by atoms with van der Waals surface area (Å²) in [5.74, 6) is -5.93. The molecule has 0 saturated heterocycles. The van der Waals surface area contributed by atoms with Crippen molar-refractivity contribution in [2.45, 2.75) is 62.1 Å². The van der Waals surface area contributed by atoms with Crippen LogP contribution in [0.2, 0.25) is 0 Å². The molecule has 3 N–H and O–H groups in total. The number of anilines is 1. The largest absolute Gasteiger partial charge is 0.573 e. The van der Waals surface area contributed by atoms with Crippen LogP contribution in [0.5, 0.6) is 5.75 Å². The number of fused-ring (bicyclic) bond motifs is 2. The van der Waals surface area contributed by atoms with Gasteiger partial charge in [0.2, 0.25) is 11.6 Å². The minimum Gasteiger partial charge on any atom is -0.480 e. The van der Waals surface area contributed by atoms with Crippen molar-refractivity contribution in [1.29, 1.82) is 0 Å². The molecule has 1 saturated carbocycles. The minimum atomic E-state index is -4.98. The highest BCUT2D eigenvalue weighted by atomic mass is 19.4. The van der Waals surface area contributed by atoms with Crippen LogP contribution in [0.4, 0.5) is 32.0 Å². The number of para-hydroxylation sites is 1. The molecule has 2 aromatic carbocycles. The number of carboxylic acid groups (broad SMARTS) is 1. The Labute approximate surface area is 224 Å². The van der Waals surface area contributed by atoms with E-state index in [1.807, 2.05) is 0 Å². The van der Waals surface area contributed by atoms with Gasteiger partial charge in [-0.05, 0) is 54.7 Å². The molecule has 216 valence electrons. The Balaban J connectivity index is 1.70. The fourth-order valence-electron chi connectivity index (χ4n) is 5.82. The number of Topliss-reactive ketones (excluding diaryl/α,β-unsaturated/α-hetero) is 2. The van der Waals surface area contributed by atoms with E-state index >= 15 is 0 Å². The minimum absolute atomic E-state index is 0.185. The van der Waals surface area contributed by atoms with Gasteiger partial charge in [0.25, 0.3) is 0 Å². The monoisotopic (exact) mass is 572 g/mol. The maximum absolute atomic E-state index is 13.3. The van der Waals surface area contributed by atoms with E-state index in [-0.39, 0.29) is 17.5 Å². The standard InChI is InChI=1S/C27H26F6N2O5/c28-26(29,30)12-13-34-25(24(38)39,22-17-4-1-2-6-19(17)35-20-7-3-5-18(20)22)14-21(36)23(37)15-8-10-16(11-9-15)40-27(31,32)33/h1-2,4,6,8-11,18,20,22,34-35H,3,5,7,12-14H2,(H,38,39)/t18-,20+,22?,25?/m0/s1. The van der Waals surface area contributed by atoms with Crippen LogP contribution in [0.3, 0.4) is 0 Å². The number of hydrogen-bond donors (Lipinski definition) is 3. The van der Waals surface area contributed by atoms with Crippen LogP contribution >= 0.6 is 0 Å². The van der Waals surface area contributed by atoms with Crippen molar-refractivity contribution >= 4 is 23.2 Å². The van der Waals surface area contributed by atoms with Crippen molar-refractivity contribution in [3.63, 3.8) is 0 Å². The van der Waals surface area contributed by atoms with Gasteiger partial charge in [0.05, 0.1) is 6.42 Å². The van der Waals surface area contributed by atoms with E-state index in [0.717, 1.165) is 30.7 Å². The van der Waals surface area contributed by atoms with Crippen LogP contribution < -0.4 is 15.4 Å². The fourth-order valence-corrected chi connectivity index (χ4v) is 5.82. The van der Waals surface area contributed by atoms with Gasteiger partial charge < -0.3 is 20.5 Å². The SMILES string of the molecule is O=C(CC(NCCC(F)(F)F)(C(=O)O)C1c2ccccc2N[C@@H]2CCC[C@H]12)C(=O)c1ccc(OC(F)(F)F)cc1. The highest BCUT2D eigenvalue weighted by Crippen LogP contribution is 2.51. The van der Waals surface area contributed by atoms with Crippen LogP contribution in [0.1, 0.15) is 53.9 Å². The Morgan fingerprint density at radius 3 is 2.27 bits per heavy atom. The van der Waals surface area contributed by atoms with Gasteiger partial charge in [0.15, 0.2) is 0 Å². The van der Waals surface area contributed by atoms with Crippen molar-refractivity contribution in [2.75, 3.05) is 11.9 Å². The summed E-state index contributed by atoms with van der Waals surface area (Å²) in [6.45, 7) is -0.815. The van der Waals surface area contributed by atoms with E-state index in [1.165, 1.54) is 0 Å². The summed E-state index contributed by atoms with van der Waals surface area (Å²) in [4.78, 5) is 39.3. The third-order valence-electron chi connectivity index (χ3n) is 7.44. The van der Waals surface area contributed by atoms with Crippen LogP contribution in [0.15, 0.2) is 48.5 Å². The molecule has 4 atom stereocenters. The average molecular weight is 573 g/mol. The molecular weight excluding hydrogens is 546 g/mol. The van der Waals surface area contributed by atoms with E-state index in [0.29, 0.717) is 24.1 Å². The summed E-state index contributed by atoms with van der Waals surface area (Å²) >= 11 is 0. The van der Waals surface area contributed by atoms with Gasteiger partial charge in [-0.2, -0.15) is 13.2 Å². The molecule has 1 fully saturated rings. The molecule has 1 heterocycles. The number of aliphatic carboxylic acids is 1. The van der Waals surface area contributed by atoms with E-state index in [9.17, 15) is 45.8 Å². The van der Waals surface area contributed by atoms with E-state index < -0.39 is 66.7 Å². The van der Waals surface area contributed by atoms with Crippen molar-refractivity contribution in [3.05, 3.63) is 59.7 Å². The number of carboxylic acids is 1. The summed E-state index contributed by atoms with van der Waals surface area (Å²) in [5.41, 5.74) is -1.50. The Kier molecular flexibility index (Phi) is 8.16. The number of carbonyl (C=O) groups excluding carboxylic acids is 2. The quantitative estimate of drug-likeness (QED) is 0.197.